The van der Waals surface area contributed by atoms with Gasteiger partial charge in [0.1, 0.15) is 0 Å². The van der Waals surface area contributed by atoms with E-state index >= 15 is 0 Å². The van der Waals surface area contributed by atoms with Crippen LogP contribution >= 0.6 is 11.6 Å². The van der Waals surface area contributed by atoms with Crippen molar-refractivity contribution >= 4 is 35.0 Å². The number of pyridine rings is 1. The van der Waals surface area contributed by atoms with E-state index in [1.807, 2.05) is 0 Å². The van der Waals surface area contributed by atoms with Gasteiger partial charge in [-0.05, 0) is 49.2 Å². The lowest BCUT2D eigenvalue weighted by molar-refractivity contribution is -0.126. The lowest BCUT2D eigenvalue weighted by Gasteiger charge is -2.32. The molecule has 0 bridgehead atoms. The van der Waals surface area contributed by atoms with Crippen LogP contribution in [-0.2, 0) is 9.59 Å². The van der Waals surface area contributed by atoms with Gasteiger partial charge in [0.25, 0.3) is 5.91 Å². The highest BCUT2D eigenvalue weighted by atomic mass is 35.5. The van der Waals surface area contributed by atoms with E-state index in [0.29, 0.717) is 29.4 Å². The van der Waals surface area contributed by atoms with Crippen molar-refractivity contribution in [3.63, 3.8) is 0 Å². The number of piperidine rings is 1. The summed E-state index contributed by atoms with van der Waals surface area (Å²) in [4.78, 5) is 42.7. The summed E-state index contributed by atoms with van der Waals surface area (Å²) >= 11 is 5.87. The summed E-state index contributed by atoms with van der Waals surface area (Å²) in [5.41, 5.74) is 1.18. The largest absolute Gasteiger partial charge is 0.355 e. The number of carbonyl (C=O) groups excluding carboxylic acids is 3. The van der Waals surface area contributed by atoms with Crippen LogP contribution in [0.3, 0.4) is 0 Å². The minimum absolute atomic E-state index is 0.102. The van der Waals surface area contributed by atoms with Gasteiger partial charge < -0.3 is 15.5 Å². The molecule has 2 N–H and O–H groups in total. The van der Waals surface area contributed by atoms with Gasteiger partial charge in [-0.15, -0.1) is 0 Å². The number of rotatable bonds is 6. The van der Waals surface area contributed by atoms with E-state index in [9.17, 15) is 14.4 Å². The van der Waals surface area contributed by atoms with Gasteiger partial charge >= 0.3 is 0 Å². The van der Waals surface area contributed by atoms with Crippen molar-refractivity contribution in [2.24, 2.45) is 5.92 Å². The molecule has 8 heteroatoms. The van der Waals surface area contributed by atoms with E-state index in [0.717, 1.165) is 12.8 Å². The maximum Gasteiger partial charge on any atom is 0.253 e. The Kier molecular flexibility index (Phi) is 7.19. The predicted molar refractivity (Wildman–Crippen MR) is 111 cm³/mol. The Morgan fingerprint density at radius 1 is 1.17 bits per heavy atom. The number of likely N-dealkylation sites (tertiary alicyclic amines) is 1. The van der Waals surface area contributed by atoms with Crippen LogP contribution in [0.15, 0.2) is 48.8 Å². The molecular formula is C21H23ClN4O3. The molecule has 29 heavy (non-hydrogen) atoms. The Balaban J connectivity index is 1.45. The normalized spacial score (nSPS) is 16.2. The molecule has 1 aliphatic heterocycles. The third kappa shape index (κ3) is 6.02. The molecule has 3 rings (SSSR count). The molecule has 1 aliphatic rings. The first kappa shape index (κ1) is 20.8. The lowest BCUT2D eigenvalue weighted by atomic mass is 9.96. The van der Waals surface area contributed by atoms with Gasteiger partial charge in [0.2, 0.25) is 11.8 Å². The molecular weight excluding hydrogens is 392 g/mol. The molecule has 0 spiro atoms. The van der Waals surface area contributed by atoms with Gasteiger partial charge in [-0.2, -0.15) is 0 Å². The number of nitrogens with one attached hydrogen (secondary N) is 2. The zero-order chi connectivity index (χ0) is 20.6. The topological polar surface area (TPSA) is 91.4 Å². The summed E-state index contributed by atoms with van der Waals surface area (Å²) in [7, 11) is 0. The van der Waals surface area contributed by atoms with Crippen LogP contribution in [0, 0.1) is 5.92 Å². The van der Waals surface area contributed by atoms with Gasteiger partial charge in [-0.25, -0.2) is 0 Å². The SMILES string of the molecule is O=C(CCNC(=O)C1CCCN(C(=O)c2ccc(Cl)cc2)C1)Nc1cccnc1. The molecule has 2 aromatic rings. The average Bonchev–Trinajstić information content (AvgIpc) is 2.74. The van der Waals surface area contributed by atoms with E-state index in [4.69, 9.17) is 11.6 Å². The summed E-state index contributed by atoms with van der Waals surface area (Å²) in [5.74, 6) is -0.703. The number of nitrogens with zero attached hydrogens (tertiary/aromatic N) is 2. The summed E-state index contributed by atoms with van der Waals surface area (Å²) < 4.78 is 0. The Bertz CT molecular complexity index is 858. The number of anilines is 1. The maximum absolute atomic E-state index is 12.6. The van der Waals surface area contributed by atoms with E-state index in [2.05, 4.69) is 15.6 Å². The van der Waals surface area contributed by atoms with Gasteiger partial charge in [0.15, 0.2) is 0 Å². The van der Waals surface area contributed by atoms with Crippen LogP contribution in [0.25, 0.3) is 0 Å². The quantitative estimate of drug-likeness (QED) is 0.760. The number of halogens is 1. The maximum atomic E-state index is 12.6. The number of aromatic nitrogens is 1. The fourth-order valence-electron chi connectivity index (χ4n) is 3.25. The summed E-state index contributed by atoms with van der Waals surface area (Å²) in [6.07, 6.45) is 4.84. The highest BCUT2D eigenvalue weighted by molar-refractivity contribution is 6.30. The van der Waals surface area contributed by atoms with E-state index in [-0.39, 0.29) is 36.6 Å². The lowest BCUT2D eigenvalue weighted by Crippen LogP contribution is -2.45. The fraction of sp³-hybridized carbons (Fsp3) is 0.333. The summed E-state index contributed by atoms with van der Waals surface area (Å²) in [6.45, 7) is 1.24. The Morgan fingerprint density at radius 3 is 2.69 bits per heavy atom. The van der Waals surface area contributed by atoms with E-state index < -0.39 is 0 Å². The molecule has 1 atom stereocenters. The third-order valence-corrected chi connectivity index (χ3v) is 5.02. The second-order valence-corrected chi connectivity index (χ2v) is 7.36. The molecule has 152 valence electrons. The monoisotopic (exact) mass is 414 g/mol. The molecule has 1 unspecified atom stereocenters. The van der Waals surface area contributed by atoms with Crippen LogP contribution < -0.4 is 10.6 Å². The first-order valence-electron chi connectivity index (χ1n) is 9.55. The van der Waals surface area contributed by atoms with Crippen LogP contribution in [-0.4, -0.2) is 47.2 Å². The van der Waals surface area contributed by atoms with Crippen molar-refractivity contribution in [1.29, 1.82) is 0 Å². The van der Waals surface area contributed by atoms with Crippen LogP contribution in [0.4, 0.5) is 5.69 Å². The molecule has 3 amide bonds. The van der Waals surface area contributed by atoms with Crippen LogP contribution in [0.2, 0.25) is 5.02 Å². The van der Waals surface area contributed by atoms with Crippen molar-refractivity contribution in [2.75, 3.05) is 25.0 Å². The Labute approximate surface area is 174 Å². The zero-order valence-corrected chi connectivity index (χ0v) is 16.7. The van der Waals surface area contributed by atoms with E-state index in [1.165, 1.54) is 0 Å². The molecule has 1 aromatic carbocycles. The standard InChI is InChI=1S/C21H23ClN4O3/c22-17-7-5-15(6-8-17)21(29)26-12-2-3-16(14-26)20(28)24-11-9-19(27)25-18-4-1-10-23-13-18/h1,4-8,10,13,16H,2-3,9,11-12,14H2,(H,24,28)(H,25,27). The molecule has 1 aromatic heterocycles. The highest BCUT2D eigenvalue weighted by Gasteiger charge is 2.28. The van der Waals surface area contributed by atoms with Crippen molar-refractivity contribution < 1.29 is 14.4 Å². The Hall–Kier alpha value is -2.93. The summed E-state index contributed by atoms with van der Waals surface area (Å²) in [6, 6.07) is 10.2. The first-order valence-corrected chi connectivity index (χ1v) is 9.93. The number of hydrogen-bond donors (Lipinski definition) is 2. The molecule has 2 heterocycles. The summed E-state index contributed by atoms with van der Waals surface area (Å²) in [5, 5.41) is 6.10. The molecule has 1 fully saturated rings. The first-order chi connectivity index (χ1) is 14.0. The van der Waals surface area contributed by atoms with Crippen molar-refractivity contribution in [3.05, 3.63) is 59.4 Å². The third-order valence-electron chi connectivity index (χ3n) is 4.77. The van der Waals surface area contributed by atoms with Crippen LogP contribution in [0.5, 0.6) is 0 Å². The second kappa shape index (κ2) is 10.0. The van der Waals surface area contributed by atoms with Gasteiger partial charge in [-0.3, -0.25) is 19.4 Å². The second-order valence-electron chi connectivity index (χ2n) is 6.93. The minimum atomic E-state index is -0.276. The smallest absolute Gasteiger partial charge is 0.253 e. The van der Waals surface area contributed by atoms with Crippen molar-refractivity contribution in [3.8, 4) is 0 Å². The van der Waals surface area contributed by atoms with Crippen LogP contribution in [0.1, 0.15) is 29.6 Å². The molecule has 7 nitrogen and oxygen atoms in total. The molecule has 0 saturated carbocycles. The molecule has 1 saturated heterocycles. The number of amides is 3. The molecule has 0 radical (unpaired) electrons. The molecule has 0 aliphatic carbocycles. The van der Waals surface area contributed by atoms with Gasteiger partial charge in [0.05, 0.1) is 17.8 Å². The fourth-order valence-corrected chi connectivity index (χ4v) is 3.38. The number of hydrogen-bond acceptors (Lipinski definition) is 4. The zero-order valence-electron chi connectivity index (χ0n) is 15.9. The minimum Gasteiger partial charge on any atom is -0.355 e. The Morgan fingerprint density at radius 2 is 1.97 bits per heavy atom. The van der Waals surface area contributed by atoms with Gasteiger partial charge in [-0.1, -0.05) is 11.6 Å². The predicted octanol–water partition coefficient (Wildman–Crippen LogP) is 2.73. The highest BCUT2D eigenvalue weighted by Crippen LogP contribution is 2.20. The number of carbonyl (C=O) groups is 3. The van der Waals surface area contributed by atoms with Crippen molar-refractivity contribution in [1.82, 2.24) is 15.2 Å². The van der Waals surface area contributed by atoms with Crippen molar-refractivity contribution in [2.45, 2.75) is 19.3 Å². The average molecular weight is 415 g/mol. The van der Waals surface area contributed by atoms with Gasteiger partial charge in [0, 0.05) is 42.8 Å². The number of benzene rings is 1. The van der Waals surface area contributed by atoms with E-state index in [1.54, 1.807) is 53.7 Å².